The van der Waals surface area contributed by atoms with Crippen LogP contribution in [-0.2, 0) is 16.6 Å². The molecule has 1 aliphatic heterocycles. The van der Waals surface area contributed by atoms with E-state index in [1.165, 1.54) is 19.2 Å². The van der Waals surface area contributed by atoms with Crippen molar-refractivity contribution in [3.05, 3.63) is 52.0 Å². The highest BCUT2D eigenvalue weighted by atomic mass is 35.5. The van der Waals surface area contributed by atoms with Crippen LogP contribution in [-0.4, -0.2) is 53.7 Å². The van der Waals surface area contributed by atoms with Crippen LogP contribution in [0.5, 0.6) is 5.75 Å². The van der Waals surface area contributed by atoms with E-state index in [1.807, 2.05) is 24.3 Å². The lowest BCUT2D eigenvalue weighted by Crippen LogP contribution is -2.44. The maximum absolute atomic E-state index is 12.6. The van der Waals surface area contributed by atoms with Gasteiger partial charge in [-0.05, 0) is 36.9 Å². The van der Waals surface area contributed by atoms with Crippen molar-refractivity contribution in [2.75, 3.05) is 45.2 Å². The monoisotopic (exact) mass is 443 g/mol. The van der Waals surface area contributed by atoms with E-state index in [4.69, 9.17) is 27.9 Å². The summed E-state index contributed by atoms with van der Waals surface area (Å²) in [5, 5.41) is 0.0162. The summed E-state index contributed by atoms with van der Waals surface area (Å²) >= 11 is 12.2. The van der Waals surface area contributed by atoms with E-state index in [2.05, 4.69) is 21.6 Å². The van der Waals surface area contributed by atoms with Crippen LogP contribution in [0.4, 0.5) is 5.69 Å². The van der Waals surface area contributed by atoms with Crippen LogP contribution in [0, 0.1) is 0 Å². The Morgan fingerprint density at radius 1 is 1.00 bits per heavy atom. The summed E-state index contributed by atoms with van der Waals surface area (Å²) in [6.07, 6.45) is 0. The molecule has 1 heterocycles. The van der Waals surface area contributed by atoms with Gasteiger partial charge in [-0.3, -0.25) is 0 Å². The molecule has 0 spiro atoms. The zero-order valence-corrected chi connectivity index (χ0v) is 18.1. The number of likely N-dealkylation sites (N-methyl/N-ethyl adjacent to an activating group) is 1. The number of rotatable bonds is 6. The number of hydrogen-bond donors (Lipinski definition) is 1. The second-order valence-corrected chi connectivity index (χ2v) is 9.17. The smallest absolute Gasteiger partial charge is 0.242 e. The van der Waals surface area contributed by atoms with Gasteiger partial charge in [-0.25, -0.2) is 13.1 Å². The third-order valence-electron chi connectivity index (χ3n) is 4.79. The van der Waals surface area contributed by atoms with Crippen LogP contribution in [0.15, 0.2) is 41.3 Å². The van der Waals surface area contributed by atoms with E-state index in [-0.39, 0.29) is 21.5 Å². The molecule has 1 fully saturated rings. The fourth-order valence-corrected chi connectivity index (χ4v) is 4.88. The molecule has 0 unspecified atom stereocenters. The molecule has 9 heteroatoms. The lowest BCUT2D eigenvalue weighted by molar-refractivity contribution is 0.313. The molecular weight excluding hydrogens is 421 g/mol. The van der Waals surface area contributed by atoms with Gasteiger partial charge in [-0.2, -0.15) is 0 Å². The summed E-state index contributed by atoms with van der Waals surface area (Å²) in [4.78, 5) is 4.55. The van der Waals surface area contributed by atoms with Crippen LogP contribution in [0.25, 0.3) is 0 Å². The molecule has 1 aliphatic rings. The first-order valence-electron chi connectivity index (χ1n) is 8.86. The van der Waals surface area contributed by atoms with Crippen molar-refractivity contribution in [1.82, 2.24) is 9.62 Å². The molecule has 0 bridgehead atoms. The van der Waals surface area contributed by atoms with E-state index in [0.717, 1.165) is 37.4 Å². The first-order valence-corrected chi connectivity index (χ1v) is 11.1. The molecule has 28 heavy (non-hydrogen) atoms. The first kappa shape index (κ1) is 21.2. The van der Waals surface area contributed by atoms with Crippen molar-refractivity contribution < 1.29 is 13.2 Å². The molecule has 6 nitrogen and oxygen atoms in total. The predicted molar refractivity (Wildman–Crippen MR) is 113 cm³/mol. The van der Waals surface area contributed by atoms with Crippen molar-refractivity contribution in [3.8, 4) is 5.75 Å². The van der Waals surface area contributed by atoms with Gasteiger partial charge in [0.25, 0.3) is 0 Å². The summed E-state index contributed by atoms with van der Waals surface area (Å²) in [5.41, 5.74) is 2.00. The molecule has 152 valence electrons. The molecule has 2 aromatic rings. The second-order valence-electron chi connectivity index (χ2n) is 6.68. The Labute approximate surface area is 176 Å². The summed E-state index contributed by atoms with van der Waals surface area (Å²) < 4.78 is 32.9. The quantitative estimate of drug-likeness (QED) is 0.742. The number of hydrogen-bond acceptors (Lipinski definition) is 5. The van der Waals surface area contributed by atoms with Gasteiger partial charge in [0.1, 0.15) is 15.7 Å². The molecule has 1 saturated heterocycles. The van der Waals surface area contributed by atoms with Gasteiger partial charge in [0, 0.05) is 38.4 Å². The average molecular weight is 444 g/mol. The number of piperazine rings is 1. The minimum atomic E-state index is -3.81. The van der Waals surface area contributed by atoms with Gasteiger partial charge in [-0.15, -0.1) is 0 Å². The minimum Gasteiger partial charge on any atom is -0.495 e. The number of halogens is 2. The van der Waals surface area contributed by atoms with Gasteiger partial charge in [0.15, 0.2) is 0 Å². The maximum atomic E-state index is 12.6. The fourth-order valence-electron chi connectivity index (χ4n) is 3.02. The number of nitrogens with one attached hydrogen (secondary N) is 1. The van der Waals surface area contributed by atoms with E-state index < -0.39 is 10.0 Å². The van der Waals surface area contributed by atoms with Crippen molar-refractivity contribution >= 4 is 38.9 Å². The van der Waals surface area contributed by atoms with E-state index >= 15 is 0 Å². The van der Waals surface area contributed by atoms with Gasteiger partial charge in [0.2, 0.25) is 10.0 Å². The van der Waals surface area contributed by atoms with E-state index in [0.29, 0.717) is 5.75 Å². The highest BCUT2D eigenvalue weighted by Crippen LogP contribution is 2.36. The number of benzene rings is 2. The number of sulfonamides is 1. The highest BCUT2D eigenvalue weighted by Gasteiger charge is 2.22. The maximum Gasteiger partial charge on any atom is 0.242 e. The van der Waals surface area contributed by atoms with Crippen LogP contribution >= 0.6 is 23.2 Å². The molecule has 0 saturated carbocycles. The Hall–Kier alpha value is -1.51. The van der Waals surface area contributed by atoms with Crippen molar-refractivity contribution in [1.29, 1.82) is 0 Å². The second kappa shape index (κ2) is 8.88. The molecule has 1 N–H and O–H groups in total. The number of ether oxygens (including phenoxy) is 1. The predicted octanol–water partition coefficient (Wildman–Crippen LogP) is 3.23. The summed E-state index contributed by atoms with van der Waals surface area (Å²) in [5.74, 6) is 0.324. The lowest BCUT2D eigenvalue weighted by Gasteiger charge is -2.34. The molecule has 0 atom stereocenters. The molecule has 0 aromatic heterocycles. The van der Waals surface area contributed by atoms with Gasteiger partial charge < -0.3 is 14.5 Å². The molecule has 3 rings (SSSR count). The van der Waals surface area contributed by atoms with Crippen molar-refractivity contribution in [2.24, 2.45) is 0 Å². The lowest BCUT2D eigenvalue weighted by atomic mass is 10.2. The normalized spacial score (nSPS) is 15.6. The van der Waals surface area contributed by atoms with Crippen molar-refractivity contribution in [3.63, 3.8) is 0 Å². The first-order chi connectivity index (χ1) is 13.3. The van der Waals surface area contributed by atoms with Crippen LogP contribution in [0.1, 0.15) is 5.56 Å². The Morgan fingerprint density at radius 2 is 1.64 bits per heavy atom. The Kier molecular flexibility index (Phi) is 6.73. The van der Waals surface area contributed by atoms with E-state index in [1.54, 1.807) is 0 Å². The molecule has 2 aromatic carbocycles. The SMILES string of the molecule is COc1ccc(S(=O)(=O)NCc2ccc(N3CCN(C)CC3)cc2)c(Cl)c1Cl. The molecule has 0 aliphatic carbocycles. The fraction of sp³-hybridized carbons (Fsp3) is 0.368. The molecular formula is C19H23Cl2N3O3S. The van der Waals surface area contributed by atoms with Crippen molar-refractivity contribution in [2.45, 2.75) is 11.4 Å². The van der Waals surface area contributed by atoms with Crippen LogP contribution in [0.2, 0.25) is 10.0 Å². The third-order valence-corrected chi connectivity index (χ3v) is 7.21. The zero-order valence-electron chi connectivity index (χ0n) is 15.8. The van der Waals surface area contributed by atoms with Crippen LogP contribution in [0.3, 0.4) is 0 Å². The third kappa shape index (κ3) is 4.72. The average Bonchev–Trinajstić information content (AvgIpc) is 2.69. The summed E-state index contributed by atoms with van der Waals surface area (Å²) in [6, 6.07) is 10.8. The summed E-state index contributed by atoms with van der Waals surface area (Å²) in [7, 11) is -0.251. The Balaban J connectivity index is 1.67. The standard InChI is InChI=1S/C19H23Cl2N3O3S/c1-23-9-11-24(12-10-23)15-5-3-14(4-6-15)13-22-28(25,26)17-8-7-16(27-2)18(20)19(17)21/h3-8,22H,9-13H2,1-2H3. The van der Waals surface area contributed by atoms with Gasteiger partial charge in [-0.1, -0.05) is 35.3 Å². The number of methoxy groups -OCH3 is 1. The van der Waals surface area contributed by atoms with Gasteiger partial charge >= 0.3 is 0 Å². The minimum absolute atomic E-state index is 0.0565. The molecule has 0 radical (unpaired) electrons. The highest BCUT2D eigenvalue weighted by molar-refractivity contribution is 7.89. The molecule has 0 amide bonds. The Morgan fingerprint density at radius 3 is 2.25 bits per heavy atom. The Bertz CT molecular complexity index is 928. The number of anilines is 1. The topological polar surface area (TPSA) is 61.9 Å². The van der Waals surface area contributed by atoms with Gasteiger partial charge in [0.05, 0.1) is 12.1 Å². The number of nitrogens with zero attached hydrogens (tertiary/aromatic N) is 2. The summed E-state index contributed by atoms with van der Waals surface area (Å²) in [6.45, 7) is 4.20. The van der Waals surface area contributed by atoms with Crippen LogP contribution < -0.4 is 14.4 Å². The largest absolute Gasteiger partial charge is 0.495 e. The zero-order chi connectivity index (χ0) is 20.3. The van der Waals surface area contributed by atoms with E-state index in [9.17, 15) is 8.42 Å².